The van der Waals surface area contributed by atoms with E-state index in [1.54, 1.807) is 0 Å². The van der Waals surface area contributed by atoms with Gasteiger partial charge in [0.05, 0.1) is 11.9 Å². The van der Waals surface area contributed by atoms with Crippen LogP contribution in [0.3, 0.4) is 0 Å². The second-order valence-corrected chi connectivity index (χ2v) is 4.93. The zero-order valence-corrected chi connectivity index (χ0v) is 9.71. The first-order chi connectivity index (χ1) is 7.92. The maximum atomic E-state index is 4.47. The lowest BCUT2D eigenvalue weighted by Gasteiger charge is -2.25. The number of aromatic nitrogens is 2. The average molecular weight is 220 g/mol. The summed E-state index contributed by atoms with van der Waals surface area (Å²) in [6.07, 6.45) is 8.62. The third-order valence-corrected chi connectivity index (χ3v) is 3.43. The Hall–Kier alpha value is -1.03. The van der Waals surface area contributed by atoms with Crippen LogP contribution in [0, 0.1) is 0 Å². The van der Waals surface area contributed by atoms with E-state index in [1.807, 2.05) is 6.20 Å². The van der Waals surface area contributed by atoms with E-state index in [4.69, 9.17) is 0 Å². The van der Waals surface area contributed by atoms with Crippen LogP contribution in [0.25, 0.3) is 0 Å². The van der Waals surface area contributed by atoms with E-state index >= 15 is 0 Å². The highest BCUT2D eigenvalue weighted by Crippen LogP contribution is 2.20. The summed E-state index contributed by atoms with van der Waals surface area (Å²) in [6.45, 7) is 3.25. The van der Waals surface area contributed by atoms with Gasteiger partial charge in [0, 0.05) is 25.7 Å². The number of rotatable bonds is 4. The Morgan fingerprint density at radius 1 is 1.31 bits per heavy atom. The van der Waals surface area contributed by atoms with Crippen LogP contribution in [-0.4, -0.2) is 29.1 Å². The number of nitrogens with one attached hydrogen (secondary N) is 2. The minimum Gasteiger partial charge on any atom is -0.342 e. The van der Waals surface area contributed by atoms with Crippen molar-refractivity contribution >= 4 is 5.95 Å². The Labute approximate surface area is 96.4 Å². The van der Waals surface area contributed by atoms with Gasteiger partial charge in [-0.05, 0) is 32.1 Å². The van der Waals surface area contributed by atoms with Gasteiger partial charge in [-0.25, -0.2) is 4.98 Å². The highest BCUT2D eigenvalue weighted by atomic mass is 15.3. The number of hydrogen-bond donors (Lipinski definition) is 2. The lowest BCUT2D eigenvalue weighted by Crippen LogP contribution is -2.30. The molecular formula is C12H20N4. The fraction of sp³-hybridized carbons (Fsp3) is 0.750. The molecule has 2 N–H and O–H groups in total. The van der Waals surface area contributed by atoms with Gasteiger partial charge >= 0.3 is 0 Å². The Kier molecular flexibility index (Phi) is 2.82. The predicted molar refractivity (Wildman–Crippen MR) is 64.5 cm³/mol. The summed E-state index contributed by atoms with van der Waals surface area (Å²) in [6, 6.07) is 0.765. The van der Waals surface area contributed by atoms with Crippen molar-refractivity contribution in [3.05, 3.63) is 11.9 Å². The van der Waals surface area contributed by atoms with Crippen molar-refractivity contribution in [2.45, 2.75) is 44.7 Å². The molecule has 1 aliphatic heterocycles. The summed E-state index contributed by atoms with van der Waals surface area (Å²) in [5, 5.41) is 3.50. The molecule has 2 aliphatic rings. The zero-order chi connectivity index (χ0) is 10.8. The van der Waals surface area contributed by atoms with Crippen molar-refractivity contribution in [3.8, 4) is 0 Å². The molecule has 0 radical (unpaired) electrons. The normalized spacial score (nSPS) is 21.4. The summed E-state index contributed by atoms with van der Waals surface area (Å²) in [4.78, 5) is 10.3. The maximum Gasteiger partial charge on any atom is 0.202 e. The zero-order valence-electron chi connectivity index (χ0n) is 9.71. The van der Waals surface area contributed by atoms with Crippen molar-refractivity contribution in [3.63, 3.8) is 0 Å². The van der Waals surface area contributed by atoms with Crippen LogP contribution in [0.5, 0.6) is 0 Å². The molecule has 1 aromatic rings. The molecule has 0 bridgehead atoms. The van der Waals surface area contributed by atoms with Gasteiger partial charge in [0.2, 0.25) is 5.95 Å². The standard InChI is InChI=1S/C12H20N4/c1-2-6-16(7-3-1)12-14-9-11(15-12)8-13-10-4-5-10/h9-10,13H,1-8H2,(H,14,15). The Bertz CT molecular complexity index is 337. The molecule has 1 aromatic heterocycles. The minimum absolute atomic E-state index is 0.765. The smallest absolute Gasteiger partial charge is 0.202 e. The third-order valence-electron chi connectivity index (χ3n) is 3.43. The van der Waals surface area contributed by atoms with Gasteiger partial charge < -0.3 is 15.2 Å². The van der Waals surface area contributed by atoms with Gasteiger partial charge in [0.1, 0.15) is 0 Å². The molecule has 16 heavy (non-hydrogen) atoms. The summed E-state index contributed by atoms with van der Waals surface area (Å²) in [5.41, 5.74) is 1.22. The Morgan fingerprint density at radius 3 is 2.88 bits per heavy atom. The number of anilines is 1. The number of aromatic amines is 1. The van der Waals surface area contributed by atoms with Crippen molar-refractivity contribution in [1.82, 2.24) is 15.3 Å². The largest absolute Gasteiger partial charge is 0.342 e. The molecule has 2 heterocycles. The molecule has 0 unspecified atom stereocenters. The fourth-order valence-electron chi connectivity index (χ4n) is 2.25. The first-order valence-electron chi connectivity index (χ1n) is 6.44. The molecule has 1 aliphatic carbocycles. The number of nitrogens with zero attached hydrogens (tertiary/aromatic N) is 2. The molecule has 1 saturated heterocycles. The van der Waals surface area contributed by atoms with Gasteiger partial charge in [-0.1, -0.05) is 0 Å². The van der Waals surface area contributed by atoms with E-state index in [-0.39, 0.29) is 0 Å². The van der Waals surface area contributed by atoms with Gasteiger partial charge in [-0.2, -0.15) is 0 Å². The van der Waals surface area contributed by atoms with Crippen LogP contribution < -0.4 is 10.2 Å². The lowest BCUT2D eigenvalue weighted by molar-refractivity contribution is 0.569. The molecular weight excluding hydrogens is 200 g/mol. The van der Waals surface area contributed by atoms with E-state index in [1.165, 1.54) is 37.8 Å². The van der Waals surface area contributed by atoms with Gasteiger partial charge in [0.25, 0.3) is 0 Å². The molecule has 0 atom stereocenters. The Balaban J connectivity index is 1.57. The first-order valence-corrected chi connectivity index (χ1v) is 6.44. The molecule has 0 spiro atoms. The average Bonchev–Trinajstić information content (AvgIpc) is 3.05. The van der Waals surface area contributed by atoms with Gasteiger partial charge in [-0.15, -0.1) is 0 Å². The number of hydrogen-bond acceptors (Lipinski definition) is 3. The molecule has 0 amide bonds. The molecule has 4 heteroatoms. The van der Waals surface area contributed by atoms with Gasteiger partial charge in [-0.3, -0.25) is 0 Å². The van der Waals surface area contributed by atoms with Crippen molar-refractivity contribution < 1.29 is 0 Å². The molecule has 4 nitrogen and oxygen atoms in total. The molecule has 0 aromatic carbocycles. The van der Waals surface area contributed by atoms with Crippen LogP contribution in [-0.2, 0) is 6.54 Å². The van der Waals surface area contributed by atoms with Crippen LogP contribution in [0.2, 0.25) is 0 Å². The molecule has 1 saturated carbocycles. The van der Waals surface area contributed by atoms with Crippen molar-refractivity contribution in [2.24, 2.45) is 0 Å². The summed E-state index contributed by atoms with van der Waals surface area (Å²) in [5.74, 6) is 1.06. The van der Waals surface area contributed by atoms with Crippen molar-refractivity contribution in [1.29, 1.82) is 0 Å². The first kappa shape index (κ1) is 10.1. The van der Waals surface area contributed by atoms with Crippen LogP contribution in [0.15, 0.2) is 6.20 Å². The SMILES string of the molecule is c1nc(N2CCCCC2)[nH]c1CNC1CC1. The molecule has 3 rings (SSSR count). The minimum atomic E-state index is 0.765. The van der Waals surface area contributed by atoms with Crippen LogP contribution >= 0.6 is 0 Å². The molecule has 2 fully saturated rings. The Morgan fingerprint density at radius 2 is 2.12 bits per heavy atom. The highest BCUT2D eigenvalue weighted by Gasteiger charge is 2.20. The van der Waals surface area contributed by atoms with E-state index in [0.717, 1.165) is 31.6 Å². The quantitative estimate of drug-likeness (QED) is 0.811. The van der Waals surface area contributed by atoms with Crippen molar-refractivity contribution in [2.75, 3.05) is 18.0 Å². The summed E-state index contributed by atoms with van der Waals surface area (Å²) >= 11 is 0. The number of imidazole rings is 1. The van der Waals surface area contributed by atoms with E-state index in [2.05, 4.69) is 20.2 Å². The summed E-state index contributed by atoms with van der Waals surface area (Å²) in [7, 11) is 0. The monoisotopic (exact) mass is 220 g/mol. The number of H-pyrrole nitrogens is 1. The highest BCUT2D eigenvalue weighted by molar-refractivity contribution is 5.31. The topological polar surface area (TPSA) is 44.0 Å². The number of piperidine rings is 1. The van der Waals surface area contributed by atoms with Gasteiger partial charge in [0.15, 0.2) is 0 Å². The second kappa shape index (κ2) is 4.45. The second-order valence-electron chi connectivity index (χ2n) is 4.93. The fourth-order valence-corrected chi connectivity index (χ4v) is 2.25. The lowest BCUT2D eigenvalue weighted by atomic mass is 10.1. The van der Waals surface area contributed by atoms with E-state index in [0.29, 0.717) is 0 Å². The summed E-state index contributed by atoms with van der Waals surface area (Å²) < 4.78 is 0. The van der Waals surface area contributed by atoms with E-state index < -0.39 is 0 Å². The van der Waals surface area contributed by atoms with Crippen LogP contribution in [0.1, 0.15) is 37.8 Å². The van der Waals surface area contributed by atoms with Crippen LogP contribution in [0.4, 0.5) is 5.95 Å². The molecule has 88 valence electrons. The maximum absolute atomic E-state index is 4.47. The van der Waals surface area contributed by atoms with E-state index in [9.17, 15) is 0 Å². The third kappa shape index (κ3) is 2.38. The predicted octanol–water partition coefficient (Wildman–Crippen LogP) is 1.65.